The second-order valence-corrected chi connectivity index (χ2v) is 8.73. The Morgan fingerprint density at radius 1 is 1.04 bits per heavy atom. The van der Waals surface area contributed by atoms with Crippen LogP contribution in [0.5, 0.6) is 11.5 Å². The van der Waals surface area contributed by atoms with Crippen LogP contribution >= 0.6 is 27.5 Å². The molecule has 1 aliphatic carbocycles. The summed E-state index contributed by atoms with van der Waals surface area (Å²) in [6, 6.07) is 12.4. The first-order chi connectivity index (χ1) is 13.7. The van der Waals surface area contributed by atoms with Gasteiger partial charge in [-0.15, -0.1) is 0 Å². The van der Waals surface area contributed by atoms with E-state index in [9.17, 15) is 0 Å². The number of rotatable bonds is 7. The van der Waals surface area contributed by atoms with Gasteiger partial charge in [0.1, 0.15) is 6.61 Å². The zero-order valence-electron chi connectivity index (χ0n) is 16.5. The average molecular weight is 467 g/mol. The maximum Gasteiger partial charge on any atom is 0.162 e. The van der Waals surface area contributed by atoms with E-state index < -0.39 is 0 Å². The molecule has 28 heavy (non-hydrogen) atoms. The van der Waals surface area contributed by atoms with Gasteiger partial charge in [0.15, 0.2) is 11.5 Å². The first-order valence-corrected chi connectivity index (χ1v) is 11.3. The lowest BCUT2D eigenvalue weighted by atomic mass is 9.96. The molecule has 5 heteroatoms. The maximum absolute atomic E-state index is 6.05. The topological polar surface area (TPSA) is 30.5 Å². The van der Waals surface area contributed by atoms with Gasteiger partial charge in [-0.25, -0.2) is 0 Å². The molecule has 1 saturated carbocycles. The van der Waals surface area contributed by atoms with Crippen molar-refractivity contribution in [2.24, 2.45) is 0 Å². The fraction of sp³-hybridized carbons (Fsp3) is 0.478. The Hall–Kier alpha value is -1.23. The highest BCUT2D eigenvalue weighted by atomic mass is 79.9. The quantitative estimate of drug-likeness (QED) is 0.482. The van der Waals surface area contributed by atoms with Crippen LogP contribution in [0, 0.1) is 0 Å². The second-order valence-electron chi connectivity index (χ2n) is 7.44. The van der Waals surface area contributed by atoms with Gasteiger partial charge in [0, 0.05) is 22.1 Å². The van der Waals surface area contributed by atoms with Gasteiger partial charge in [-0.3, -0.25) is 0 Å². The van der Waals surface area contributed by atoms with Crippen molar-refractivity contribution in [2.45, 2.75) is 64.1 Å². The molecule has 0 aromatic heterocycles. The molecule has 2 aromatic carbocycles. The minimum absolute atomic E-state index is 0.447. The summed E-state index contributed by atoms with van der Waals surface area (Å²) in [5.41, 5.74) is 2.22. The van der Waals surface area contributed by atoms with Crippen molar-refractivity contribution in [3.8, 4) is 11.5 Å². The summed E-state index contributed by atoms with van der Waals surface area (Å²) < 4.78 is 12.6. The third-order valence-corrected chi connectivity index (χ3v) is 6.28. The number of halogens is 2. The van der Waals surface area contributed by atoms with E-state index >= 15 is 0 Å². The number of benzene rings is 2. The lowest BCUT2D eigenvalue weighted by molar-refractivity contribution is 0.284. The Bertz CT molecular complexity index is 760. The molecule has 0 heterocycles. The predicted molar refractivity (Wildman–Crippen MR) is 119 cm³/mol. The Balaban J connectivity index is 1.63. The molecule has 0 spiro atoms. The Labute approximate surface area is 181 Å². The van der Waals surface area contributed by atoms with Gasteiger partial charge in [0.2, 0.25) is 0 Å². The fourth-order valence-electron chi connectivity index (χ4n) is 3.69. The summed E-state index contributed by atoms with van der Waals surface area (Å²) >= 11 is 9.76. The summed E-state index contributed by atoms with van der Waals surface area (Å²) in [5, 5.41) is 4.45. The molecule has 152 valence electrons. The number of hydrogen-bond donors (Lipinski definition) is 1. The van der Waals surface area contributed by atoms with Gasteiger partial charge in [-0.1, -0.05) is 71.8 Å². The molecule has 0 atom stereocenters. The molecular weight excluding hydrogens is 438 g/mol. The third kappa shape index (κ3) is 6.40. The number of methoxy groups -OCH3 is 1. The van der Waals surface area contributed by atoms with E-state index in [1.54, 1.807) is 7.11 Å². The lowest BCUT2D eigenvalue weighted by Crippen LogP contribution is -2.29. The second kappa shape index (κ2) is 11.1. The normalized spacial score (nSPS) is 15.7. The van der Waals surface area contributed by atoms with Gasteiger partial charge < -0.3 is 14.8 Å². The minimum atomic E-state index is 0.447. The van der Waals surface area contributed by atoms with E-state index in [-0.39, 0.29) is 0 Å². The van der Waals surface area contributed by atoms with E-state index in [1.165, 1.54) is 50.5 Å². The van der Waals surface area contributed by atoms with Crippen LogP contribution in [0.4, 0.5) is 0 Å². The van der Waals surface area contributed by atoms with Crippen LogP contribution < -0.4 is 14.8 Å². The van der Waals surface area contributed by atoms with Crippen LogP contribution in [-0.4, -0.2) is 13.2 Å². The monoisotopic (exact) mass is 465 g/mol. The van der Waals surface area contributed by atoms with Crippen LogP contribution in [0.3, 0.4) is 0 Å². The fourth-order valence-corrected chi connectivity index (χ4v) is 4.36. The molecule has 0 radical (unpaired) electrons. The number of nitrogens with one attached hydrogen (secondary N) is 1. The van der Waals surface area contributed by atoms with E-state index in [1.807, 2.05) is 30.3 Å². The molecule has 1 N–H and O–H groups in total. The molecule has 1 fully saturated rings. The highest BCUT2D eigenvalue weighted by molar-refractivity contribution is 9.10. The summed E-state index contributed by atoms with van der Waals surface area (Å²) in [4.78, 5) is 0. The molecule has 0 amide bonds. The smallest absolute Gasteiger partial charge is 0.162 e. The SMILES string of the molecule is COc1cc(CNC2CCCCCCC2)c(Br)cc1OCc1cccc(Cl)c1. The Morgan fingerprint density at radius 2 is 1.79 bits per heavy atom. The van der Waals surface area contributed by atoms with E-state index in [2.05, 4.69) is 27.3 Å². The molecule has 3 rings (SSSR count). The van der Waals surface area contributed by atoms with Gasteiger partial charge in [0.05, 0.1) is 7.11 Å². The molecule has 1 aliphatic rings. The molecule has 3 nitrogen and oxygen atoms in total. The molecule has 0 saturated heterocycles. The van der Waals surface area contributed by atoms with Crippen LogP contribution in [-0.2, 0) is 13.2 Å². The zero-order chi connectivity index (χ0) is 19.8. The van der Waals surface area contributed by atoms with Gasteiger partial charge in [-0.2, -0.15) is 0 Å². The minimum Gasteiger partial charge on any atom is -0.493 e. The van der Waals surface area contributed by atoms with Crippen molar-refractivity contribution in [1.82, 2.24) is 5.32 Å². The number of hydrogen-bond acceptors (Lipinski definition) is 3. The van der Waals surface area contributed by atoms with Crippen molar-refractivity contribution in [2.75, 3.05) is 7.11 Å². The highest BCUT2D eigenvalue weighted by Crippen LogP contribution is 2.34. The lowest BCUT2D eigenvalue weighted by Gasteiger charge is -2.22. The molecular formula is C23H29BrClNO2. The van der Waals surface area contributed by atoms with Gasteiger partial charge >= 0.3 is 0 Å². The van der Waals surface area contributed by atoms with Crippen LogP contribution in [0.1, 0.15) is 56.1 Å². The first kappa shape index (κ1) is 21.5. The van der Waals surface area contributed by atoms with Crippen molar-refractivity contribution in [1.29, 1.82) is 0 Å². The van der Waals surface area contributed by atoms with Crippen LogP contribution in [0.25, 0.3) is 0 Å². The van der Waals surface area contributed by atoms with Gasteiger partial charge in [-0.05, 0) is 48.2 Å². The molecule has 0 bridgehead atoms. The largest absolute Gasteiger partial charge is 0.493 e. The Morgan fingerprint density at radius 3 is 2.50 bits per heavy atom. The molecule has 0 unspecified atom stereocenters. The highest BCUT2D eigenvalue weighted by Gasteiger charge is 2.14. The summed E-state index contributed by atoms with van der Waals surface area (Å²) in [6.45, 7) is 1.28. The predicted octanol–water partition coefficient (Wildman–Crippen LogP) is 6.89. The molecule has 0 aliphatic heterocycles. The summed E-state index contributed by atoms with van der Waals surface area (Å²) in [6.07, 6.45) is 9.34. The average Bonchev–Trinajstić information content (AvgIpc) is 2.66. The van der Waals surface area contributed by atoms with E-state index in [4.69, 9.17) is 21.1 Å². The zero-order valence-corrected chi connectivity index (χ0v) is 18.8. The summed E-state index contributed by atoms with van der Waals surface area (Å²) in [5.74, 6) is 1.48. The van der Waals surface area contributed by atoms with Crippen molar-refractivity contribution in [3.63, 3.8) is 0 Å². The maximum atomic E-state index is 6.05. The Kier molecular flexibility index (Phi) is 8.50. The van der Waals surface area contributed by atoms with Crippen molar-refractivity contribution in [3.05, 3.63) is 57.0 Å². The molecule has 2 aromatic rings. The van der Waals surface area contributed by atoms with E-state index in [0.717, 1.165) is 28.1 Å². The third-order valence-electron chi connectivity index (χ3n) is 5.30. The van der Waals surface area contributed by atoms with Crippen molar-refractivity contribution < 1.29 is 9.47 Å². The number of ether oxygens (including phenoxy) is 2. The van der Waals surface area contributed by atoms with Gasteiger partial charge in [0.25, 0.3) is 0 Å². The van der Waals surface area contributed by atoms with Crippen molar-refractivity contribution >= 4 is 27.5 Å². The summed E-state index contributed by atoms with van der Waals surface area (Å²) in [7, 11) is 1.68. The van der Waals surface area contributed by atoms with E-state index in [0.29, 0.717) is 17.7 Å². The van der Waals surface area contributed by atoms with Crippen LogP contribution in [0.15, 0.2) is 40.9 Å². The first-order valence-electron chi connectivity index (χ1n) is 10.1. The standard InChI is InChI=1S/C23H29BrClNO2/c1-27-22-13-18(15-26-20-10-5-3-2-4-6-11-20)21(24)14-23(22)28-16-17-8-7-9-19(25)12-17/h7-9,12-14,20,26H,2-6,10-11,15-16H2,1H3. The van der Waals surface area contributed by atoms with Crippen LogP contribution in [0.2, 0.25) is 5.02 Å².